The first-order valence-electron chi connectivity index (χ1n) is 8.82. The average Bonchev–Trinajstić information content (AvgIpc) is 2.63. The van der Waals surface area contributed by atoms with E-state index in [-0.39, 0.29) is 24.6 Å². The molecule has 0 unspecified atom stereocenters. The zero-order valence-corrected chi connectivity index (χ0v) is 15.2. The molecule has 0 spiro atoms. The van der Waals surface area contributed by atoms with E-state index >= 15 is 0 Å². The lowest BCUT2D eigenvalue weighted by Crippen LogP contribution is -2.66. The number of nitrogens with zero attached hydrogens (tertiary/aromatic N) is 2. The summed E-state index contributed by atoms with van der Waals surface area (Å²) in [6.45, 7) is 1.73. The first-order valence-corrected chi connectivity index (χ1v) is 8.82. The molecule has 146 valence electrons. The maximum atomic E-state index is 13.4. The Labute approximate surface area is 161 Å². The summed E-state index contributed by atoms with van der Waals surface area (Å²) >= 11 is 0. The number of aliphatic carboxylic acids is 1. The van der Waals surface area contributed by atoms with Gasteiger partial charge in [0.15, 0.2) is 0 Å². The molecular formula is C20H20FN3O4. The van der Waals surface area contributed by atoms with Gasteiger partial charge in [-0.15, -0.1) is 0 Å². The number of carboxylic acid groups (broad SMARTS) is 1. The number of carboxylic acids is 1. The molecule has 1 aromatic heterocycles. The maximum absolute atomic E-state index is 13.4. The van der Waals surface area contributed by atoms with Crippen LogP contribution < -0.4 is 5.73 Å². The van der Waals surface area contributed by atoms with Gasteiger partial charge in [0.1, 0.15) is 17.7 Å². The van der Waals surface area contributed by atoms with Gasteiger partial charge in [-0.2, -0.15) is 0 Å². The fourth-order valence-electron chi connectivity index (χ4n) is 3.47. The summed E-state index contributed by atoms with van der Waals surface area (Å²) in [5.74, 6) is -3.69. The van der Waals surface area contributed by atoms with E-state index in [0.717, 1.165) is 4.90 Å². The Morgan fingerprint density at radius 3 is 2.71 bits per heavy atom. The molecule has 0 bridgehead atoms. The minimum absolute atomic E-state index is 0.0894. The molecule has 3 rings (SSSR count). The summed E-state index contributed by atoms with van der Waals surface area (Å²) in [5.41, 5.74) is 6.90. The van der Waals surface area contributed by atoms with E-state index in [9.17, 15) is 23.9 Å². The van der Waals surface area contributed by atoms with Crippen molar-refractivity contribution in [3.8, 4) is 0 Å². The van der Waals surface area contributed by atoms with Crippen molar-refractivity contribution in [3.63, 3.8) is 0 Å². The Morgan fingerprint density at radius 1 is 1.32 bits per heavy atom. The van der Waals surface area contributed by atoms with Crippen molar-refractivity contribution in [3.05, 3.63) is 59.5 Å². The zero-order valence-electron chi connectivity index (χ0n) is 15.2. The van der Waals surface area contributed by atoms with Crippen LogP contribution in [0.3, 0.4) is 0 Å². The first kappa shape index (κ1) is 19.5. The SMILES string of the molecule is C[C@@H](CC(=O)N1C(=O)[C@H](Cc2ccnc(N)c2)[C@H]1C(=O)O)c1cccc(F)c1. The van der Waals surface area contributed by atoms with Crippen molar-refractivity contribution in [1.82, 2.24) is 9.88 Å². The number of aromatic nitrogens is 1. The Balaban J connectivity index is 1.71. The number of rotatable bonds is 6. The monoisotopic (exact) mass is 385 g/mol. The predicted octanol–water partition coefficient (Wildman–Crippen LogP) is 1.98. The van der Waals surface area contributed by atoms with Gasteiger partial charge in [-0.25, -0.2) is 14.2 Å². The lowest BCUT2D eigenvalue weighted by atomic mass is 9.81. The van der Waals surface area contributed by atoms with E-state index in [0.29, 0.717) is 11.1 Å². The summed E-state index contributed by atoms with van der Waals surface area (Å²) < 4.78 is 13.4. The topological polar surface area (TPSA) is 114 Å². The van der Waals surface area contributed by atoms with Crippen molar-refractivity contribution in [1.29, 1.82) is 0 Å². The van der Waals surface area contributed by atoms with Crippen LogP contribution in [0.1, 0.15) is 30.4 Å². The predicted molar refractivity (Wildman–Crippen MR) is 98.6 cm³/mol. The molecule has 3 N–H and O–H groups in total. The number of carbonyl (C=O) groups excluding carboxylic acids is 2. The van der Waals surface area contributed by atoms with Gasteiger partial charge < -0.3 is 10.8 Å². The molecule has 2 amide bonds. The molecule has 0 saturated carbocycles. The maximum Gasteiger partial charge on any atom is 0.327 e. The number of hydrogen-bond acceptors (Lipinski definition) is 5. The highest BCUT2D eigenvalue weighted by Gasteiger charge is 2.54. The molecule has 1 saturated heterocycles. The van der Waals surface area contributed by atoms with Crippen molar-refractivity contribution in [2.24, 2.45) is 5.92 Å². The third-order valence-corrected chi connectivity index (χ3v) is 4.94. The quantitative estimate of drug-likeness (QED) is 0.735. The van der Waals surface area contributed by atoms with Crippen molar-refractivity contribution < 1.29 is 23.9 Å². The number of pyridine rings is 1. The van der Waals surface area contributed by atoms with Crippen LogP contribution in [0.25, 0.3) is 0 Å². The number of anilines is 1. The molecule has 1 fully saturated rings. The lowest BCUT2D eigenvalue weighted by molar-refractivity contribution is -0.177. The number of likely N-dealkylation sites (tertiary alicyclic amines) is 1. The Morgan fingerprint density at radius 2 is 2.07 bits per heavy atom. The largest absolute Gasteiger partial charge is 0.480 e. The number of nitrogen functional groups attached to an aromatic ring is 1. The second-order valence-electron chi connectivity index (χ2n) is 6.94. The summed E-state index contributed by atoms with van der Waals surface area (Å²) in [7, 11) is 0. The Hall–Kier alpha value is -3.29. The Bertz CT molecular complexity index is 933. The molecule has 28 heavy (non-hydrogen) atoms. The lowest BCUT2D eigenvalue weighted by Gasteiger charge is -2.43. The number of benzene rings is 1. The third-order valence-electron chi connectivity index (χ3n) is 4.94. The van der Waals surface area contributed by atoms with Crippen LogP contribution in [0.2, 0.25) is 0 Å². The molecule has 1 aliphatic heterocycles. The van der Waals surface area contributed by atoms with Gasteiger partial charge in [-0.05, 0) is 47.7 Å². The van der Waals surface area contributed by atoms with Crippen LogP contribution in [-0.2, 0) is 20.8 Å². The van der Waals surface area contributed by atoms with Crippen molar-refractivity contribution in [2.45, 2.75) is 31.7 Å². The highest BCUT2D eigenvalue weighted by Crippen LogP contribution is 2.33. The molecule has 1 aromatic carbocycles. The zero-order chi connectivity index (χ0) is 20.4. The minimum Gasteiger partial charge on any atom is -0.480 e. The Kier molecular flexibility index (Phi) is 5.39. The number of imide groups is 1. The molecular weight excluding hydrogens is 365 g/mol. The van der Waals surface area contributed by atoms with E-state index in [2.05, 4.69) is 4.98 Å². The van der Waals surface area contributed by atoms with Gasteiger partial charge >= 0.3 is 5.97 Å². The van der Waals surface area contributed by atoms with Gasteiger partial charge in [0, 0.05) is 12.6 Å². The highest BCUT2D eigenvalue weighted by atomic mass is 19.1. The third kappa shape index (κ3) is 3.85. The van der Waals surface area contributed by atoms with Crippen LogP contribution in [0.15, 0.2) is 42.6 Å². The van der Waals surface area contributed by atoms with Gasteiger partial charge in [-0.3, -0.25) is 14.5 Å². The molecule has 0 aliphatic carbocycles. The van der Waals surface area contributed by atoms with Crippen LogP contribution in [0.4, 0.5) is 10.2 Å². The van der Waals surface area contributed by atoms with Crippen LogP contribution >= 0.6 is 0 Å². The van der Waals surface area contributed by atoms with Crippen LogP contribution in [0, 0.1) is 11.7 Å². The van der Waals surface area contributed by atoms with Crippen LogP contribution in [-0.4, -0.2) is 38.8 Å². The van der Waals surface area contributed by atoms with Gasteiger partial charge in [0.2, 0.25) is 11.8 Å². The van der Waals surface area contributed by atoms with Gasteiger partial charge in [0.05, 0.1) is 5.92 Å². The van der Waals surface area contributed by atoms with E-state index in [1.54, 1.807) is 25.1 Å². The van der Waals surface area contributed by atoms with E-state index in [4.69, 9.17) is 5.73 Å². The van der Waals surface area contributed by atoms with E-state index in [1.165, 1.54) is 24.4 Å². The summed E-state index contributed by atoms with van der Waals surface area (Å²) in [4.78, 5) is 41.4. The number of amides is 2. The standard InChI is InChI=1S/C20H20FN3O4/c1-11(13-3-2-4-14(21)10-13)7-17(25)24-18(20(27)28)15(19(24)26)8-12-5-6-23-16(22)9-12/h2-6,9-11,15,18H,7-8H2,1H3,(H2,22,23)(H,27,28)/t11-,15+,18-/m0/s1. The second-order valence-corrected chi connectivity index (χ2v) is 6.94. The minimum atomic E-state index is -1.24. The number of nitrogens with two attached hydrogens (primary N) is 1. The molecule has 7 nitrogen and oxygen atoms in total. The van der Waals surface area contributed by atoms with Crippen molar-refractivity contribution >= 4 is 23.6 Å². The number of carbonyl (C=O) groups is 3. The van der Waals surface area contributed by atoms with Gasteiger partial charge in [0.25, 0.3) is 0 Å². The molecule has 1 aliphatic rings. The first-order chi connectivity index (χ1) is 13.3. The van der Waals surface area contributed by atoms with E-state index in [1.807, 2.05) is 0 Å². The van der Waals surface area contributed by atoms with Crippen LogP contribution in [0.5, 0.6) is 0 Å². The average molecular weight is 385 g/mol. The fourth-order valence-corrected chi connectivity index (χ4v) is 3.47. The molecule has 0 radical (unpaired) electrons. The summed E-state index contributed by atoms with van der Waals surface area (Å²) in [5, 5.41) is 9.53. The number of hydrogen-bond donors (Lipinski definition) is 2. The normalized spacial score (nSPS) is 19.8. The smallest absolute Gasteiger partial charge is 0.327 e. The second kappa shape index (κ2) is 7.75. The molecule has 8 heteroatoms. The molecule has 3 atom stereocenters. The fraction of sp³-hybridized carbons (Fsp3) is 0.300. The van der Waals surface area contributed by atoms with E-state index < -0.39 is 35.6 Å². The molecule has 2 aromatic rings. The summed E-state index contributed by atoms with van der Waals surface area (Å²) in [6, 6.07) is 7.84. The molecule has 2 heterocycles. The number of halogens is 1. The summed E-state index contributed by atoms with van der Waals surface area (Å²) in [6.07, 6.45) is 1.55. The van der Waals surface area contributed by atoms with Crippen molar-refractivity contribution in [2.75, 3.05) is 5.73 Å². The number of β-lactam (4-membered cyclic amide) rings is 1. The van der Waals surface area contributed by atoms with Gasteiger partial charge in [-0.1, -0.05) is 19.1 Å². The highest BCUT2D eigenvalue weighted by molar-refractivity contribution is 6.08.